The molecule has 0 radical (unpaired) electrons. The Morgan fingerprint density at radius 1 is 1.26 bits per heavy atom. The van der Waals surface area contributed by atoms with Gasteiger partial charge in [0.05, 0.1) is 0 Å². The number of aliphatic hydroxyl groups is 1. The SMILES string of the molecule is Cc1ccc(Oc2cccnc2C(O)C#N)cc1C. The van der Waals surface area contributed by atoms with E-state index in [1.807, 2.05) is 32.0 Å². The van der Waals surface area contributed by atoms with Gasteiger partial charge in [0.15, 0.2) is 11.9 Å². The maximum absolute atomic E-state index is 9.58. The monoisotopic (exact) mass is 254 g/mol. The van der Waals surface area contributed by atoms with E-state index in [4.69, 9.17) is 10.00 Å². The molecular weight excluding hydrogens is 240 g/mol. The van der Waals surface area contributed by atoms with Crippen molar-refractivity contribution in [1.82, 2.24) is 4.98 Å². The third-order valence-corrected chi connectivity index (χ3v) is 2.89. The topological polar surface area (TPSA) is 66.1 Å². The number of aryl methyl sites for hydroxylation is 2. The van der Waals surface area contributed by atoms with Crippen LogP contribution in [0.4, 0.5) is 0 Å². The van der Waals surface area contributed by atoms with Gasteiger partial charge < -0.3 is 9.84 Å². The second kappa shape index (κ2) is 5.51. The molecule has 0 saturated carbocycles. The van der Waals surface area contributed by atoms with Crippen LogP contribution in [0.15, 0.2) is 36.5 Å². The highest BCUT2D eigenvalue weighted by Crippen LogP contribution is 2.28. The molecule has 1 heterocycles. The van der Waals surface area contributed by atoms with Crippen molar-refractivity contribution in [2.24, 2.45) is 0 Å². The summed E-state index contributed by atoms with van der Waals surface area (Å²) in [5.74, 6) is 1.04. The molecule has 2 rings (SSSR count). The molecule has 4 nitrogen and oxygen atoms in total. The van der Waals surface area contributed by atoms with Crippen molar-refractivity contribution >= 4 is 0 Å². The highest BCUT2D eigenvalue weighted by atomic mass is 16.5. The molecule has 19 heavy (non-hydrogen) atoms. The number of aliphatic hydroxyl groups excluding tert-OH is 1. The van der Waals surface area contributed by atoms with E-state index in [9.17, 15) is 5.11 Å². The summed E-state index contributed by atoms with van der Waals surface area (Å²) in [5, 5.41) is 18.3. The minimum atomic E-state index is -1.29. The van der Waals surface area contributed by atoms with E-state index >= 15 is 0 Å². The van der Waals surface area contributed by atoms with Gasteiger partial charge in [-0.05, 0) is 49.2 Å². The summed E-state index contributed by atoms with van der Waals surface area (Å²) < 4.78 is 5.69. The molecule has 96 valence electrons. The number of aromatic nitrogens is 1. The first-order valence-electron chi connectivity index (χ1n) is 5.89. The quantitative estimate of drug-likeness (QED) is 0.855. The van der Waals surface area contributed by atoms with E-state index in [1.54, 1.807) is 18.2 Å². The van der Waals surface area contributed by atoms with Gasteiger partial charge in [-0.25, -0.2) is 0 Å². The van der Waals surface area contributed by atoms with Crippen LogP contribution in [-0.4, -0.2) is 10.1 Å². The summed E-state index contributed by atoms with van der Waals surface area (Å²) in [7, 11) is 0. The number of pyridine rings is 1. The zero-order chi connectivity index (χ0) is 13.8. The Balaban J connectivity index is 2.33. The molecule has 0 bridgehead atoms. The van der Waals surface area contributed by atoms with Crippen LogP contribution in [0.3, 0.4) is 0 Å². The maximum atomic E-state index is 9.58. The third kappa shape index (κ3) is 2.90. The minimum absolute atomic E-state index is 0.225. The Morgan fingerprint density at radius 2 is 2.05 bits per heavy atom. The van der Waals surface area contributed by atoms with Crippen LogP contribution in [0.25, 0.3) is 0 Å². The van der Waals surface area contributed by atoms with Crippen molar-refractivity contribution in [2.45, 2.75) is 20.0 Å². The van der Waals surface area contributed by atoms with Gasteiger partial charge in [0.1, 0.15) is 17.5 Å². The molecule has 0 aliphatic rings. The zero-order valence-corrected chi connectivity index (χ0v) is 10.8. The van der Waals surface area contributed by atoms with Gasteiger partial charge in [-0.3, -0.25) is 4.98 Å². The number of hydrogen-bond acceptors (Lipinski definition) is 4. The zero-order valence-electron chi connectivity index (χ0n) is 10.8. The van der Waals surface area contributed by atoms with Crippen LogP contribution in [0.1, 0.15) is 22.9 Å². The molecule has 0 aliphatic carbocycles. The molecule has 0 saturated heterocycles. The van der Waals surface area contributed by atoms with Crippen LogP contribution in [0.2, 0.25) is 0 Å². The second-order valence-electron chi connectivity index (χ2n) is 4.27. The number of hydrogen-bond donors (Lipinski definition) is 1. The summed E-state index contributed by atoms with van der Waals surface area (Å²) in [6, 6.07) is 10.8. The Labute approximate surface area is 111 Å². The van der Waals surface area contributed by atoms with E-state index in [2.05, 4.69) is 4.98 Å². The summed E-state index contributed by atoms with van der Waals surface area (Å²) >= 11 is 0. The summed E-state index contributed by atoms with van der Waals surface area (Å²) in [4.78, 5) is 3.99. The normalized spacial score (nSPS) is 11.7. The Hall–Kier alpha value is -2.38. The minimum Gasteiger partial charge on any atom is -0.455 e. The highest BCUT2D eigenvalue weighted by Gasteiger charge is 2.14. The molecule has 0 aliphatic heterocycles. The van der Waals surface area contributed by atoms with Gasteiger partial charge in [0.25, 0.3) is 0 Å². The van der Waals surface area contributed by atoms with Crippen LogP contribution in [0.5, 0.6) is 11.5 Å². The lowest BCUT2D eigenvalue weighted by molar-refractivity contribution is 0.226. The number of rotatable bonds is 3. The standard InChI is InChI=1S/C15H14N2O2/c1-10-5-6-12(8-11(10)2)19-14-4-3-7-17-15(14)13(18)9-16/h3-8,13,18H,1-2H3. The predicted molar refractivity (Wildman–Crippen MR) is 70.8 cm³/mol. The summed E-state index contributed by atoms with van der Waals surface area (Å²) in [5.41, 5.74) is 2.52. The molecule has 0 fully saturated rings. The molecule has 1 N–H and O–H groups in total. The molecule has 0 spiro atoms. The molecule has 1 aromatic carbocycles. The first kappa shape index (κ1) is 13.1. The lowest BCUT2D eigenvalue weighted by Crippen LogP contribution is -2.00. The largest absolute Gasteiger partial charge is 0.455 e. The van der Waals surface area contributed by atoms with Crippen LogP contribution < -0.4 is 4.74 Å². The molecule has 1 unspecified atom stereocenters. The number of benzene rings is 1. The first-order chi connectivity index (χ1) is 9.11. The summed E-state index contributed by atoms with van der Waals surface area (Å²) in [6.45, 7) is 4.02. The van der Waals surface area contributed by atoms with Gasteiger partial charge in [0.2, 0.25) is 0 Å². The van der Waals surface area contributed by atoms with E-state index in [0.717, 1.165) is 5.56 Å². The molecular formula is C15H14N2O2. The smallest absolute Gasteiger partial charge is 0.186 e. The van der Waals surface area contributed by atoms with Gasteiger partial charge in [0, 0.05) is 6.20 Å². The molecule has 1 aromatic heterocycles. The summed E-state index contributed by atoms with van der Waals surface area (Å²) in [6.07, 6.45) is 0.228. The van der Waals surface area contributed by atoms with E-state index < -0.39 is 6.10 Å². The average Bonchev–Trinajstić information content (AvgIpc) is 2.43. The van der Waals surface area contributed by atoms with E-state index in [0.29, 0.717) is 11.5 Å². The Kier molecular flexibility index (Phi) is 3.79. The van der Waals surface area contributed by atoms with Gasteiger partial charge in [-0.2, -0.15) is 5.26 Å². The molecule has 0 amide bonds. The van der Waals surface area contributed by atoms with Crippen molar-refractivity contribution in [1.29, 1.82) is 5.26 Å². The van der Waals surface area contributed by atoms with Gasteiger partial charge in [-0.1, -0.05) is 6.07 Å². The van der Waals surface area contributed by atoms with E-state index in [1.165, 1.54) is 11.8 Å². The fourth-order valence-corrected chi connectivity index (χ4v) is 1.66. The lowest BCUT2D eigenvalue weighted by atomic mass is 10.1. The maximum Gasteiger partial charge on any atom is 0.186 e. The average molecular weight is 254 g/mol. The molecule has 2 aromatic rings. The van der Waals surface area contributed by atoms with Crippen LogP contribution >= 0.6 is 0 Å². The first-order valence-corrected chi connectivity index (χ1v) is 5.89. The van der Waals surface area contributed by atoms with Gasteiger partial charge >= 0.3 is 0 Å². The third-order valence-electron chi connectivity index (χ3n) is 2.89. The fourth-order valence-electron chi connectivity index (χ4n) is 1.66. The van der Waals surface area contributed by atoms with Crippen molar-refractivity contribution in [3.05, 3.63) is 53.3 Å². The van der Waals surface area contributed by atoms with Crippen molar-refractivity contribution < 1.29 is 9.84 Å². The van der Waals surface area contributed by atoms with E-state index in [-0.39, 0.29) is 5.69 Å². The Bertz CT molecular complexity index is 632. The number of ether oxygens (including phenoxy) is 1. The van der Waals surface area contributed by atoms with Crippen molar-refractivity contribution in [2.75, 3.05) is 0 Å². The van der Waals surface area contributed by atoms with Crippen LogP contribution in [-0.2, 0) is 0 Å². The fraction of sp³-hybridized carbons (Fsp3) is 0.200. The lowest BCUT2D eigenvalue weighted by Gasteiger charge is -2.11. The van der Waals surface area contributed by atoms with Gasteiger partial charge in [-0.15, -0.1) is 0 Å². The second-order valence-corrected chi connectivity index (χ2v) is 4.27. The predicted octanol–water partition coefficient (Wildman–Crippen LogP) is 3.05. The van der Waals surface area contributed by atoms with Crippen LogP contribution in [0, 0.1) is 25.2 Å². The van der Waals surface area contributed by atoms with Crippen molar-refractivity contribution in [3.8, 4) is 17.6 Å². The van der Waals surface area contributed by atoms with Crippen molar-refractivity contribution in [3.63, 3.8) is 0 Å². The molecule has 4 heteroatoms. The Morgan fingerprint density at radius 3 is 2.74 bits per heavy atom. The number of nitrogens with zero attached hydrogens (tertiary/aromatic N) is 2. The molecule has 1 atom stereocenters. The highest BCUT2D eigenvalue weighted by molar-refractivity contribution is 5.39. The number of nitriles is 1.